The van der Waals surface area contributed by atoms with Crippen molar-refractivity contribution in [3.05, 3.63) is 35.1 Å². The Labute approximate surface area is 129 Å². The second kappa shape index (κ2) is 6.64. The van der Waals surface area contributed by atoms with Crippen molar-refractivity contribution in [2.45, 2.75) is 18.8 Å². The molecule has 2 rings (SSSR count). The molecular formula is C13H13ClF3N3O2. The molecule has 2 aromatic rings. The minimum atomic E-state index is -4.66. The van der Waals surface area contributed by atoms with Crippen LogP contribution in [0, 0.1) is 0 Å². The summed E-state index contributed by atoms with van der Waals surface area (Å²) < 4.78 is 41.9. The summed E-state index contributed by atoms with van der Waals surface area (Å²) in [6, 6.07) is 6.76. The van der Waals surface area contributed by atoms with E-state index < -0.39 is 18.8 Å². The van der Waals surface area contributed by atoms with E-state index in [0.29, 0.717) is 10.6 Å². The van der Waals surface area contributed by atoms with Crippen molar-refractivity contribution in [3.8, 4) is 11.5 Å². The third-order valence-corrected chi connectivity index (χ3v) is 3.05. The van der Waals surface area contributed by atoms with Gasteiger partial charge in [0.2, 0.25) is 0 Å². The Morgan fingerprint density at radius 1 is 1.41 bits per heavy atom. The molecule has 22 heavy (non-hydrogen) atoms. The van der Waals surface area contributed by atoms with E-state index in [1.54, 1.807) is 24.3 Å². The van der Waals surface area contributed by atoms with E-state index in [1.165, 1.54) is 11.9 Å². The molecule has 5 nitrogen and oxygen atoms in total. The molecule has 0 spiro atoms. The molecular weight excluding hydrogens is 323 g/mol. The first-order valence-electron chi connectivity index (χ1n) is 6.27. The van der Waals surface area contributed by atoms with Gasteiger partial charge >= 0.3 is 6.18 Å². The zero-order valence-corrected chi connectivity index (χ0v) is 12.3. The van der Waals surface area contributed by atoms with Crippen molar-refractivity contribution >= 4 is 11.6 Å². The molecule has 0 aliphatic carbocycles. The largest absolute Gasteiger partial charge is 0.415 e. The second-order valence-corrected chi connectivity index (χ2v) is 5.22. The van der Waals surface area contributed by atoms with Gasteiger partial charge in [-0.05, 0) is 25.2 Å². The molecule has 1 atom stereocenters. The van der Waals surface area contributed by atoms with Crippen LogP contribution in [0.2, 0.25) is 5.02 Å². The first-order valence-corrected chi connectivity index (χ1v) is 6.65. The fourth-order valence-corrected chi connectivity index (χ4v) is 1.95. The molecule has 0 fully saturated rings. The molecule has 1 unspecified atom stereocenters. The zero-order chi connectivity index (χ0) is 16.3. The van der Waals surface area contributed by atoms with Crippen molar-refractivity contribution in [2.75, 3.05) is 13.6 Å². The predicted molar refractivity (Wildman–Crippen MR) is 73.1 cm³/mol. The van der Waals surface area contributed by atoms with Crippen LogP contribution in [0.5, 0.6) is 0 Å². The maximum absolute atomic E-state index is 12.3. The Morgan fingerprint density at radius 3 is 2.77 bits per heavy atom. The predicted octanol–water partition coefficient (Wildman–Crippen LogP) is 2.75. The van der Waals surface area contributed by atoms with Crippen LogP contribution in [0.1, 0.15) is 5.82 Å². The highest BCUT2D eigenvalue weighted by Gasteiger charge is 2.38. The molecule has 1 heterocycles. The fraction of sp³-hybridized carbons (Fsp3) is 0.385. The fourth-order valence-electron chi connectivity index (χ4n) is 1.76. The van der Waals surface area contributed by atoms with Crippen LogP contribution < -0.4 is 0 Å². The lowest BCUT2D eigenvalue weighted by Crippen LogP contribution is -2.39. The van der Waals surface area contributed by atoms with Crippen molar-refractivity contribution in [2.24, 2.45) is 0 Å². The molecule has 1 N–H and O–H groups in total. The average Bonchev–Trinajstić information content (AvgIpc) is 2.86. The zero-order valence-electron chi connectivity index (χ0n) is 11.5. The van der Waals surface area contributed by atoms with Crippen LogP contribution in [0.3, 0.4) is 0 Å². The summed E-state index contributed by atoms with van der Waals surface area (Å²) in [6.07, 6.45) is -7.07. The highest BCUT2D eigenvalue weighted by molar-refractivity contribution is 6.30. The number of likely N-dealkylation sites (N-methyl/N-ethyl adjacent to an activating group) is 1. The van der Waals surface area contributed by atoms with E-state index in [-0.39, 0.29) is 18.3 Å². The third kappa shape index (κ3) is 4.43. The van der Waals surface area contributed by atoms with Gasteiger partial charge in [0.15, 0.2) is 11.9 Å². The Morgan fingerprint density at radius 2 is 2.14 bits per heavy atom. The van der Waals surface area contributed by atoms with Crippen molar-refractivity contribution in [3.63, 3.8) is 0 Å². The topological polar surface area (TPSA) is 62.4 Å². The summed E-state index contributed by atoms with van der Waals surface area (Å²) in [5.41, 5.74) is 0.615. The van der Waals surface area contributed by atoms with Gasteiger partial charge in [-0.25, -0.2) is 0 Å². The number of nitrogens with zero attached hydrogens (tertiary/aromatic N) is 3. The van der Waals surface area contributed by atoms with E-state index in [0.717, 1.165) is 0 Å². The van der Waals surface area contributed by atoms with Gasteiger partial charge in [-0.3, -0.25) is 4.90 Å². The summed E-state index contributed by atoms with van der Waals surface area (Å²) in [5, 5.41) is 13.2. The highest BCUT2D eigenvalue weighted by Crippen LogP contribution is 2.22. The molecule has 0 radical (unpaired) electrons. The highest BCUT2D eigenvalue weighted by atomic mass is 35.5. The molecule has 0 aliphatic rings. The molecule has 0 saturated heterocycles. The number of halogens is 4. The molecule has 9 heteroatoms. The van der Waals surface area contributed by atoms with E-state index in [4.69, 9.17) is 21.2 Å². The Balaban J connectivity index is 2.00. The molecule has 0 amide bonds. The summed E-state index contributed by atoms with van der Waals surface area (Å²) in [5.74, 6) is 0.439. The lowest BCUT2D eigenvalue weighted by atomic mass is 10.2. The minimum absolute atomic E-state index is 0.0111. The van der Waals surface area contributed by atoms with Crippen molar-refractivity contribution < 1.29 is 22.8 Å². The van der Waals surface area contributed by atoms with E-state index in [2.05, 4.69) is 10.1 Å². The smallest absolute Gasteiger partial charge is 0.382 e. The van der Waals surface area contributed by atoms with Gasteiger partial charge < -0.3 is 9.63 Å². The second-order valence-electron chi connectivity index (χ2n) is 4.78. The maximum atomic E-state index is 12.3. The van der Waals surface area contributed by atoms with Gasteiger partial charge in [-0.2, -0.15) is 18.2 Å². The van der Waals surface area contributed by atoms with Crippen molar-refractivity contribution in [1.82, 2.24) is 15.0 Å². The summed E-state index contributed by atoms with van der Waals surface area (Å²) >= 11 is 5.85. The van der Waals surface area contributed by atoms with E-state index >= 15 is 0 Å². The Hall–Kier alpha value is -1.64. The first kappa shape index (κ1) is 16.7. The summed E-state index contributed by atoms with van der Waals surface area (Å²) in [6.45, 7) is -0.568. The van der Waals surface area contributed by atoms with E-state index in [9.17, 15) is 13.2 Å². The van der Waals surface area contributed by atoms with Crippen LogP contribution in [0.25, 0.3) is 11.5 Å². The number of aliphatic hydroxyl groups excluding tert-OH is 1. The molecule has 1 aromatic carbocycles. The average molecular weight is 336 g/mol. The van der Waals surface area contributed by atoms with Crippen LogP contribution in [-0.2, 0) is 6.54 Å². The van der Waals surface area contributed by atoms with Gasteiger partial charge in [-0.15, -0.1) is 0 Å². The van der Waals surface area contributed by atoms with Crippen LogP contribution >= 0.6 is 11.6 Å². The van der Waals surface area contributed by atoms with E-state index in [1.807, 2.05) is 0 Å². The first-order chi connectivity index (χ1) is 10.3. The summed E-state index contributed by atoms with van der Waals surface area (Å²) in [4.78, 5) is 5.34. The number of benzene rings is 1. The molecule has 120 valence electrons. The monoisotopic (exact) mass is 335 g/mol. The van der Waals surface area contributed by atoms with Crippen LogP contribution in [0.15, 0.2) is 28.8 Å². The number of hydrogen-bond acceptors (Lipinski definition) is 5. The van der Waals surface area contributed by atoms with Gasteiger partial charge in [0.1, 0.15) is 0 Å². The SMILES string of the molecule is CN(Cc1noc(-c2cccc(Cl)c2)n1)CC(O)C(F)(F)F. The van der Waals surface area contributed by atoms with Crippen LogP contribution in [0.4, 0.5) is 13.2 Å². The number of alkyl halides is 3. The minimum Gasteiger partial charge on any atom is -0.382 e. The van der Waals surface area contributed by atoms with Gasteiger partial charge in [0.25, 0.3) is 5.89 Å². The van der Waals surface area contributed by atoms with Gasteiger partial charge in [0, 0.05) is 17.1 Å². The lowest BCUT2D eigenvalue weighted by Gasteiger charge is -2.20. The number of aromatic nitrogens is 2. The van der Waals surface area contributed by atoms with Crippen LogP contribution in [-0.4, -0.2) is 46.0 Å². The summed E-state index contributed by atoms with van der Waals surface area (Å²) in [7, 11) is 1.42. The lowest BCUT2D eigenvalue weighted by molar-refractivity contribution is -0.207. The quantitative estimate of drug-likeness (QED) is 0.910. The standard InChI is InChI=1S/C13H13ClF3N3O2/c1-20(6-10(21)13(15,16)17)7-11-18-12(22-19-11)8-3-2-4-9(14)5-8/h2-5,10,21H,6-7H2,1H3. The van der Waals surface area contributed by atoms with Gasteiger partial charge in [-0.1, -0.05) is 22.8 Å². The van der Waals surface area contributed by atoms with Gasteiger partial charge in [0.05, 0.1) is 6.54 Å². The number of hydrogen-bond donors (Lipinski definition) is 1. The van der Waals surface area contributed by atoms with Crippen molar-refractivity contribution in [1.29, 1.82) is 0 Å². The normalized spacial score (nSPS) is 13.6. The molecule has 0 saturated carbocycles. The Bertz CT molecular complexity index is 633. The molecule has 0 bridgehead atoms. The molecule has 1 aromatic heterocycles. The Kier molecular flexibility index (Phi) is 5.05. The number of aliphatic hydroxyl groups is 1. The maximum Gasteiger partial charge on any atom is 0.415 e. The molecule has 0 aliphatic heterocycles. The third-order valence-electron chi connectivity index (χ3n) is 2.81. The number of rotatable bonds is 5.